The number of hydrogen-bond acceptors (Lipinski definition) is 2. The molecule has 2 aliphatic heterocycles. The number of ether oxygens (including phenoxy) is 1. The molecule has 1 fully saturated rings. The van der Waals surface area contributed by atoms with Gasteiger partial charge in [0.15, 0.2) is 0 Å². The second-order valence-corrected chi connectivity index (χ2v) is 3.60. The number of allylic oxidation sites excluding steroid dienone is 2. The summed E-state index contributed by atoms with van der Waals surface area (Å²) in [7, 11) is 0. The maximum Gasteiger partial charge on any atom is 0.0865 e. The molecule has 0 aliphatic carbocycles. The molecule has 0 amide bonds. The van der Waals surface area contributed by atoms with E-state index in [1.807, 2.05) is 0 Å². The fourth-order valence-corrected chi connectivity index (χ4v) is 1.90. The zero-order valence-corrected chi connectivity index (χ0v) is 8.25. The molecule has 2 nitrogen and oxygen atoms in total. The Labute approximate surface area is 79.9 Å². The number of fused-ring (bicyclic) bond motifs is 1. The Morgan fingerprint density at radius 2 is 2.38 bits per heavy atom. The first kappa shape index (κ1) is 8.82. The van der Waals surface area contributed by atoms with Crippen molar-refractivity contribution in [1.29, 1.82) is 0 Å². The number of nitrogens with zero attached hydrogens (tertiary/aromatic N) is 1. The van der Waals surface area contributed by atoms with Crippen molar-refractivity contribution in [2.75, 3.05) is 26.3 Å². The lowest BCUT2D eigenvalue weighted by Crippen LogP contribution is -2.34. The molecule has 0 aromatic rings. The summed E-state index contributed by atoms with van der Waals surface area (Å²) in [6.07, 6.45) is 6.97. The fraction of sp³-hybridized carbons (Fsp3) is 0.636. The minimum absolute atomic E-state index is 0.803. The van der Waals surface area contributed by atoms with Crippen LogP contribution in [-0.4, -0.2) is 31.2 Å². The van der Waals surface area contributed by atoms with Crippen LogP contribution in [0.2, 0.25) is 0 Å². The molecule has 0 N–H and O–H groups in total. The van der Waals surface area contributed by atoms with Crippen molar-refractivity contribution in [3.05, 3.63) is 23.4 Å². The molecule has 2 heteroatoms. The average molecular weight is 179 g/mol. The predicted molar refractivity (Wildman–Crippen MR) is 53.5 cm³/mol. The van der Waals surface area contributed by atoms with Gasteiger partial charge in [-0.3, -0.25) is 0 Å². The van der Waals surface area contributed by atoms with Gasteiger partial charge in [-0.1, -0.05) is 18.6 Å². The van der Waals surface area contributed by atoms with Gasteiger partial charge >= 0.3 is 0 Å². The van der Waals surface area contributed by atoms with Gasteiger partial charge < -0.3 is 9.64 Å². The molecular formula is C11H17NO. The molecule has 0 bridgehead atoms. The zero-order chi connectivity index (χ0) is 9.10. The monoisotopic (exact) mass is 179 g/mol. The van der Waals surface area contributed by atoms with Crippen LogP contribution in [0.15, 0.2) is 23.4 Å². The summed E-state index contributed by atoms with van der Waals surface area (Å²) in [5.41, 5.74) is 2.83. The van der Waals surface area contributed by atoms with E-state index >= 15 is 0 Å². The Balaban J connectivity index is 2.15. The maximum absolute atomic E-state index is 5.45. The van der Waals surface area contributed by atoms with Gasteiger partial charge in [0.1, 0.15) is 0 Å². The van der Waals surface area contributed by atoms with E-state index in [4.69, 9.17) is 4.74 Å². The molecule has 0 aromatic heterocycles. The highest BCUT2D eigenvalue weighted by atomic mass is 16.5. The third kappa shape index (κ3) is 1.94. The molecule has 2 heterocycles. The van der Waals surface area contributed by atoms with Gasteiger partial charge in [0.05, 0.1) is 13.2 Å². The van der Waals surface area contributed by atoms with E-state index in [2.05, 4.69) is 24.0 Å². The van der Waals surface area contributed by atoms with E-state index in [0.29, 0.717) is 0 Å². The lowest BCUT2D eigenvalue weighted by Gasteiger charge is -2.30. The average Bonchev–Trinajstić information content (AvgIpc) is 2.38. The standard InChI is InChI=1S/C11H17NO/c1-2-10-4-3-5-12-6-7-13-9-11(12)8-10/h4,8H,2-3,5-7,9H2,1H3. The highest BCUT2D eigenvalue weighted by Gasteiger charge is 2.16. The lowest BCUT2D eigenvalue weighted by molar-refractivity contribution is 0.0745. The number of rotatable bonds is 1. The van der Waals surface area contributed by atoms with Crippen molar-refractivity contribution in [2.45, 2.75) is 19.8 Å². The number of morpholine rings is 1. The van der Waals surface area contributed by atoms with Gasteiger partial charge in [0.25, 0.3) is 0 Å². The molecule has 0 unspecified atom stereocenters. The molecule has 2 rings (SSSR count). The highest BCUT2D eigenvalue weighted by Crippen LogP contribution is 2.19. The predicted octanol–water partition coefficient (Wildman–Crippen LogP) is 1.94. The molecule has 13 heavy (non-hydrogen) atoms. The van der Waals surface area contributed by atoms with Crippen LogP contribution in [0.5, 0.6) is 0 Å². The van der Waals surface area contributed by atoms with Gasteiger partial charge in [0.2, 0.25) is 0 Å². The number of hydrogen-bond donors (Lipinski definition) is 0. The molecule has 0 aromatic carbocycles. The van der Waals surface area contributed by atoms with Crippen molar-refractivity contribution in [2.24, 2.45) is 0 Å². The third-order valence-corrected chi connectivity index (χ3v) is 2.73. The summed E-state index contributed by atoms with van der Waals surface area (Å²) in [6, 6.07) is 0. The van der Waals surface area contributed by atoms with Crippen molar-refractivity contribution in [1.82, 2.24) is 4.90 Å². The third-order valence-electron chi connectivity index (χ3n) is 2.73. The van der Waals surface area contributed by atoms with E-state index in [-0.39, 0.29) is 0 Å². The molecule has 0 radical (unpaired) electrons. The first-order chi connectivity index (χ1) is 6.40. The zero-order valence-electron chi connectivity index (χ0n) is 8.25. The normalized spacial score (nSPS) is 23.0. The van der Waals surface area contributed by atoms with Crippen LogP contribution < -0.4 is 0 Å². The molecule has 0 atom stereocenters. The SMILES string of the molecule is CCC1=CCCN2CCOCC2=C1. The highest BCUT2D eigenvalue weighted by molar-refractivity contribution is 5.25. The summed E-state index contributed by atoms with van der Waals surface area (Å²) in [5, 5.41) is 0. The molecule has 2 aliphatic rings. The van der Waals surface area contributed by atoms with Crippen LogP contribution in [0.3, 0.4) is 0 Å². The van der Waals surface area contributed by atoms with Crippen LogP contribution in [-0.2, 0) is 4.74 Å². The van der Waals surface area contributed by atoms with Crippen molar-refractivity contribution >= 4 is 0 Å². The smallest absolute Gasteiger partial charge is 0.0865 e. The summed E-state index contributed by atoms with van der Waals surface area (Å²) in [5.74, 6) is 0. The van der Waals surface area contributed by atoms with E-state index in [9.17, 15) is 0 Å². The van der Waals surface area contributed by atoms with Crippen LogP contribution in [0.25, 0.3) is 0 Å². The van der Waals surface area contributed by atoms with Gasteiger partial charge in [-0.05, 0) is 18.9 Å². The van der Waals surface area contributed by atoms with Crippen LogP contribution in [0.4, 0.5) is 0 Å². The Morgan fingerprint density at radius 1 is 1.46 bits per heavy atom. The van der Waals surface area contributed by atoms with Gasteiger partial charge in [-0.15, -0.1) is 0 Å². The second-order valence-electron chi connectivity index (χ2n) is 3.60. The van der Waals surface area contributed by atoms with Crippen LogP contribution in [0, 0.1) is 0 Å². The largest absolute Gasteiger partial charge is 0.373 e. The fourth-order valence-electron chi connectivity index (χ4n) is 1.90. The van der Waals surface area contributed by atoms with E-state index in [1.165, 1.54) is 24.2 Å². The topological polar surface area (TPSA) is 12.5 Å². The summed E-state index contributed by atoms with van der Waals surface area (Å²) in [4.78, 5) is 2.45. The quantitative estimate of drug-likeness (QED) is 0.610. The Morgan fingerprint density at radius 3 is 3.23 bits per heavy atom. The van der Waals surface area contributed by atoms with Gasteiger partial charge in [-0.25, -0.2) is 0 Å². The molecule has 1 saturated heterocycles. The van der Waals surface area contributed by atoms with Gasteiger partial charge in [-0.2, -0.15) is 0 Å². The minimum Gasteiger partial charge on any atom is -0.373 e. The van der Waals surface area contributed by atoms with Crippen molar-refractivity contribution < 1.29 is 4.74 Å². The van der Waals surface area contributed by atoms with Gasteiger partial charge in [0, 0.05) is 18.8 Å². The van der Waals surface area contributed by atoms with Crippen molar-refractivity contribution in [3.63, 3.8) is 0 Å². The Hall–Kier alpha value is -0.760. The Kier molecular flexibility index (Phi) is 2.69. The maximum atomic E-state index is 5.45. The van der Waals surface area contributed by atoms with Crippen LogP contribution in [0.1, 0.15) is 19.8 Å². The lowest BCUT2D eigenvalue weighted by atomic mass is 10.1. The second kappa shape index (κ2) is 3.97. The first-order valence-corrected chi connectivity index (χ1v) is 5.12. The summed E-state index contributed by atoms with van der Waals surface area (Å²) in [6.45, 7) is 6.13. The summed E-state index contributed by atoms with van der Waals surface area (Å²) >= 11 is 0. The van der Waals surface area contributed by atoms with E-state index < -0.39 is 0 Å². The van der Waals surface area contributed by atoms with Crippen LogP contribution >= 0.6 is 0 Å². The van der Waals surface area contributed by atoms with E-state index in [0.717, 1.165) is 26.2 Å². The molecule has 72 valence electrons. The molecular weight excluding hydrogens is 162 g/mol. The van der Waals surface area contributed by atoms with E-state index in [1.54, 1.807) is 0 Å². The van der Waals surface area contributed by atoms with Crippen molar-refractivity contribution in [3.8, 4) is 0 Å². The molecule has 0 spiro atoms. The molecule has 0 saturated carbocycles. The first-order valence-electron chi connectivity index (χ1n) is 5.12. The minimum atomic E-state index is 0.803. The Bertz CT molecular complexity index is 242. The summed E-state index contributed by atoms with van der Waals surface area (Å²) < 4.78 is 5.45.